The van der Waals surface area contributed by atoms with Gasteiger partial charge in [-0.3, -0.25) is 4.79 Å². The van der Waals surface area contributed by atoms with Crippen LogP contribution in [0.5, 0.6) is 11.5 Å². The van der Waals surface area contributed by atoms with Crippen molar-refractivity contribution in [3.8, 4) is 11.5 Å². The molecule has 5 nitrogen and oxygen atoms in total. The summed E-state index contributed by atoms with van der Waals surface area (Å²) in [5.41, 5.74) is 1.03. The average molecular weight is 319 g/mol. The largest absolute Gasteiger partial charge is 0.481 e. The topological polar surface area (TPSA) is 59.0 Å². The monoisotopic (exact) mass is 319 g/mol. The van der Waals surface area contributed by atoms with Crippen LogP contribution in [0, 0.1) is 5.92 Å². The van der Waals surface area contributed by atoms with Gasteiger partial charge in [0.1, 0.15) is 0 Å². The van der Waals surface area contributed by atoms with E-state index >= 15 is 0 Å². The van der Waals surface area contributed by atoms with E-state index in [1.165, 1.54) is 0 Å². The second kappa shape index (κ2) is 6.79. The van der Waals surface area contributed by atoms with E-state index in [-0.39, 0.29) is 24.7 Å². The molecule has 1 aromatic rings. The molecule has 0 spiro atoms. The molecule has 126 valence electrons. The molecule has 1 saturated heterocycles. The molecule has 0 aliphatic carbocycles. The second-order valence-electron chi connectivity index (χ2n) is 6.59. The highest BCUT2D eigenvalue weighted by Crippen LogP contribution is 2.42. The highest BCUT2D eigenvalue weighted by atomic mass is 16.7. The van der Waals surface area contributed by atoms with E-state index in [1.807, 2.05) is 25.2 Å². The summed E-state index contributed by atoms with van der Waals surface area (Å²) in [5.74, 6) is 0.407. The Morgan fingerprint density at radius 1 is 1.30 bits per heavy atom. The Balaban J connectivity index is 1.82. The van der Waals surface area contributed by atoms with Gasteiger partial charge in [0.25, 0.3) is 0 Å². The third kappa shape index (κ3) is 3.15. The number of nitrogens with zero attached hydrogens (tertiary/aromatic N) is 1. The Hall–Kier alpha value is -1.75. The molecule has 0 aromatic heterocycles. The number of carbonyl (C=O) groups is 1. The van der Waals surface area contributed by atoms with Crippen molar-refractivity contribution in [2.45, 2.75) is 44.6 Å². The number of hydrogen-bond donors (Lipinski definition) is 1. The van der Waals surface area contributed by atoms with Gasteiger partial charge >= 0.3 is 5.97 Å². The number of benzene rings is 1. The Morgan fingerprint density at radius 2 is 2.09 bits per heavy atom. The number of rotatable bonds is 6. The predicted molar refractivity (Wildman–Crippen MR) is 87.0 cm³/mol. The van der Waals surface area contributed by atoms with Crippen LogP contribution in [0.2, 0.25) is 0 Å². The quantitative estimate of drug-likeness (QED) is 0.817. The first kappa shape index (κ1) is 16.1. The van der Waals surface area contributed by atoms with Crippen LogP contribution in [0.15, 0.2) is 18.2 Å². The van der Waals surface area contributed by atoms with E-state index in [0.717, 1.165) is 49.3 Å². The standard InChI is InChI=1S/C18H25NO4/c1-3-4-5-6-14-17(18(20)21)13(10-19(14)2)12-7-8-15-16(9-12)23-11-22-15/h7-9,13-14,17H,3-6,10-11H2,1-2H3,(H,20,21). The van der Waals surface area contributed by atoms with Crippen molar-refractivity contribution in [2.75, 3.05) is 20.4 Å². The minimum Gasteiger partial charge on any atom is -0.481 e. The third-order valence-corrected chi connectivity index (χ3v) is 5.11. The van der Waals surface area contributed by atoms with E-state index in [0.29, 0.717) is 0 Å². The minimum absolute atomic E-state index is 0.00127. The van der Waals surface area contributed by atoms with Crippen molar-refractivity contribution in [2.24, 2.45) is 5.92 Å². The number of carboxylic acids is 1. The lowest BCUT2D eigenvalue weighted by molar-refractivity contribution is -0.143. The van der Waals surface area contributed by atoms with Crippen LogP contribution < -0.4 is 9.47 Å². The summed E-state index contributed by atoms with van der Waals surface area (Å²) in [7, 11) is 2.04. The Labute approximate surface area is 137 Å². The molecule has 0 amide bonds. The number of likely N-dealkylation sites (tertiary alicyclic amines) is 1. The van der Waals surface area contributed by atoms with Crippen molar-refractivity contribution >= 4 is 5.97 Å². The number of hydrogen-bond acceptors (Lipinski definition) is 4. The molecule has 2 aliphatic rings. The smallest absolute Gasteiger partial charge is 0.308 e. The van der Waals surface area contributed by atoms with Crippen molar-refractivity contribution in [3.63, 3.8) is 0 Å². The summed E-state index contributed by atoms with van der Waals surface area (Å²) in [6.07, 6.45) is 4.34. The van der Waals surface area contributed by atoms with Gasteiger partial charge in [-0.1, -0.05) is 32.3 Å². The van der Waals surface area contributed by atoms with Crippen LogP contribution >= 0.6 is 0 Å². The lowest BCUT2D eigenvalue weighted by Crippen LogP contribution is -2.33. The van der Waals surface area contributed by atoms with Crippen LogP contribution in [0.4, 0.5) is 0 Å². The molecule has 2 aliphatic heterocycles. The molecule has 3 unspecified atom stereocenters. The van der Waals surface area contributed by atoms with Gasteiger partial charge in [0.15, 0.2) is 11.5 Å². The maximum atomic E-state index is 11.9. The van der Waals surface area contributed by atoms with Gasteiger partial charge in [-0.15, -0.1) is 0 Å². The molecule has 2 heterocycles. The molecular weight excluding hydrogens is 294 g/mol. The number of likely N-dealkylation sites (N-methyl/N-ethyl adjacent to an activating group) is 1. The van der Waals surface area contributed by atoms with E-state index in [1.54, 1.807) is 0 Å². The minimum atomic E-state index is -0.696. The van der Waals surface area contributed by atoms with Crippen LogP contribution in [0.3, 0.4) is 0 Å². The summed E-state index contributed by atoms with van der Waals surface area (Å²) in [5, 5.41) is 9.80. The molecule has 5 heteroatoms. The van der Waals surface area contributed by atoms with Crippen LogP contribution in [-0.2, 0) is 4.79 Å². The fourth-order valence-electron chi connectivity index (χ4n) is 3.90. The van der Waals surface area contributed by atoms with Gasteiger partial charge in [0.05, 0.1) is 5.92 Å². The normalized spacial score (nSPS) is 26.6. The van der Waals surface area contributed by atoms with Gasteiger partial charge in [0, 0.05) is 18.5 Å². The van der Waals surface area contributed by atoms with E-state index in [2.05, 4.69) is 11.8 Å². The summed E-state index contributed by atoms with van der Waals surface area (Å²) < 4.78 is 10.8. The summed E-state index contributed by atoms with van der Waals surface area (Å²) in [6, 6.07) is 5.93. The molecule has 1 aromatic carbocycles. The van der Waals surface area contributed by atoms with Gasteiger partial charge < -0.3 is 19.5 Å². The van der Waals surface area contributed by atoms with Gasteiger partial charge in [-0.25, -0.2) is 0 Å². The Bertz CT molecular complexity index is 574. The SMILES string of the molecule is CCCCCC1C(C(=O)O)C(c2ccc3c(c2)OCO3)CN1C. The van der Waals surface area contributed by atoms with Crippen molar-refractivity contribution in [1.29, 1.82) is 0 Å². The fraction of sp³-hybridized carbons (Fsp3) is 0.611. The fourth-order valence-corrected chi connectivity index (χ4v) is 3.90. The molecule has 1 fully saturated rings. The Morgan fingerprint density at radius 3 is 2.83 bits per heavy atom. The van der Waals surface area contributed by atoms with Crippen molar-refractivity contribution < 1.29 is 19.4 Å². The molecule has 3 rings (SSSR count). The number of carboxylic acid groups (broad SMARTS) is 1. The number of unbranched alkanes of at least 4 members (excludes halogenated alkanes) is 2. The zero-order chi connectivity index (χ0) is 16.4. The predicted octanol–water partition coefficient (Wildman–Crippen LogP) is 3.09. The molecule has 0 radical (unpaired) electrons. The first-order valence-electron chi connectivity index (χ1n) is 8.44. The van der Waals surface area contributed by atoms with E-state index < -0.39 is 5.97 Å². The first-order chi connectivity index (χ1) is 11.1. The van der Waals surface area contributed by atoms with Crippen LogP contribution in [0.25, 0.3) is 0 Å². The van der Waals surface area contributed by atoms with E-state index in [4.69, 9.17) is 9.47 Å². The summed E-state index contributed by atoms with van der Waals surface area (Å²) >= 11 is 0. The molecule has 1 N–H and O–H groups in total. The molecule has 3 atom stereocenters. The number of fused-ring (bicyclic) bond motifs is 1. The maximum Gasteiger partial charge on any atom is 0.308 e. The lowest BCUT2D eigenvalue weighted by atomic mass is 9.83. The van der Waals surface area contributed by atoms with Gasteiger partial charge in [0.2, 0.25) is 6.79 Å². The van der Waals surface area contributed by atoms with Gasteiger partial charge in [-0.05, 0) is 31.2 Å². The second-order valence-corrected chi connectivity index (χ2v) is 6.59. The third-order valence-electron chi connectivity index (χ3n) is 5.11. The zero-order valence-corrected chi connectivity index (χ0v) is 13.8. The number of aliphatic carboxylic acids is 1. The highest BCUT2D eigenvalue weighted by molar-refractivity contribution is 5.73. The van der Waals surface area contributed by atoms with Crippen molar-refractivity contribution in [3.05, 3.63) is 23.8 Å². The maximum absolute atomic E-state index is 11.9. The lowest BCUT2D eigenvalue weighted by Gasteiger charge is -2.23. The Kier molecular flexibility index (Phi) is 4.76. The summed E-state index contributed by atoms with van der Waals surface area (Å²) in [4.78, 5) is 14.1. The van der Waals surface area contributed by atoms with Crippen molar-refractivity contribution in [1.82, 2.24) is 4.90 Å². The van der Waals surface area contributed by atoms with Crippen LogP contribution in [-0.4, -0.2) is 42.4 Å². The molecule has 23 heavy (non-hydrogen) atoms. The molecular formula is C18H25NO4. The van der Waals surface area contributed by atoms with Gasteiger partial charge in [-0.2, -0.15) is 0 Å². The zero-order valence-electron chi connectivity index (χ0n) is 13.8. The number of ether oxygens (including phenoxy) is 2. The first-order valence-corrected chi connectivity index (χ1v) is 8.44. The highest BCUT2D eigenvalue weighted by Gasteiger charge is 2.44. The van der Waals surface area contributed by atoms with E-state index in [9.17, 15) is 9.90 Å². The van der Waals surface area contributed by atoms with Crippen LogP contribution in [0.1, 0.15) is 44.1 Å². The summed E-state index contributed by atoms with van der Waals surface area (Å²) in [6.45, 7) is 3.18. The molecule has 0 saturated carbocycles. The average Bonchev–Trinajstić information content (AvgIpc) is 3.11. The molecule has 0 bridgehead atoms.